The molecule has 0 saturated carbocycles. The quantitative estimate of drug-likeness (QED) is 0.679. The lowest BCUT2D eigenvalue weighted by atomic mass is 9.93. The molecule has 0 rings (SSSR count). The summed E-state index contributed by atoms with van der Waals surface area (Å²) in [7, 11) is 1.88. The van der Waals surface area contributed by atoms with E-state index in [1.54, 1.807) is 0 Å². The van der Waals surface area contributed by atoms with Crippen LogP contribution in [0, 0.1) is 11.3 Å². The number of ketones is 1. The largest absolute Gasteiger partial charge is 0.345 e. The first kappa shape index (κ1) is 18.1. The lowest BCUT2D eigenvalue weighted by Gasteiger charge is -2.29. The zero-order valence-corrected chi connectivity index (χ0v) is 13.1. The fourth-order valence-electron chi connectivity index (χ4n) is 2.05. The Balaban J connectivity index is 4.34. The highest BCUT2D eigenvalue weighted by Gasteiger charge is 2.23. The summed E-state index contributed by atoms with van der Waals surface area (Å²) < 4.78 is 0. The van der Waals surface area contributed by atoms with Crippen molar-refractivity contribution in [2.24, 2.45) is 17.1 Å². The third kappa shape index (κ3) is 7.28. The minimum Gasteiger partial charge on any atom is -0.345 e. The van der Waals surface area contributed by atoms with Gasteiger partial charge in [-0.2, -0.15) is 0 Å². The number of carbonyl (C=O) groups excluding carboxylic acids is 2. The zero-order valence-electron chi connectivity index (χ0n) is 13.1. The number of amides is 1. The van der Waals surface area contributed by atoms with Crippen molar-refractivity contribution in [1.29, 1.82) is 0 Å². The predicted octanol–water partition coefficient (Wildman–Crippen LogP) is 0.633. The molecular formula is C14H29N3O2. The van der Waals surface area contributed by atoms with Crippen LogP contribution in [0.15, 0.2) is 0 Å². The maximum absolute atomic E-state index is 11.9. The third-order valence-corrected chi connectivity index (χ3v) is 3.09. The first-order chi connectivity index (χ1) is 8.59. The molecule has 0 radical (unpaired) electrons. The second-order valence-corrected chi connectivity index (χ2v) is 6.44. The number of likely N-dealkylation sites (N-methyl/N-ethyl adjacent to an activating group) is 1. The van der Waals surface area contributed by atoms with Crippen LogP contribution in [0.25, 0.3) is 0 Å². The maximum Gasteiger partial charge on any atom is 0.234 e. The molecule has 0 aliphatic carbocycles. The van der Waals surface area contributed by atoms with Gasteiger partial charge >= 0.3 is 0 Å². The van der Waals surface area contributed by atoms with Crippen molar-refractivity contribution in [2.75, 3.05) is 26.7 Å². The first-order valence-corrected chi connectivity index (χ1v) is 6.77. The number of Topliss-reactive ketones (excluding diaryl/α,β-unsaturated/α-hetero) is 1. The van der Waals surface area contributed by atoms with E-state index in [1.165, 1.54) is 6.92 Å². The van der Waals surface area contributed by atoms with Crippen LogP contribution >= 0.6 is 0 Å². The van der Waals surface area contributed by atoms with Crippen LogP contribution < -0.4 is 11.1 Å². The Bertz CT molecular complexity index is 314. The van der Waals surface area contributed by atoms with Gasteiger partial charge in [-0.15, -0.1) is 0 Å². The molecule has 0 aliphatic heterocycles. The lowest BCUT2D eigenvalue weighted by Crippen LogP contribution is -2.48. The average molecular weight is 271 g/mol. The molecule has 1 atom stereocenters. The number of nitrogens with one attached hydrogen (secondary N) is 1. The van der Waals surface area contributed by atoms with Crippen LogP contribution in [-0.2, 0) is 9.59 Å². The highest BCUT2D eigenvalue weighted by atomic mass is 16.2. The summed E-state index contributed by atoms with van der Waals surface area (Å²) >= 11 is 0. The minimum absolute atomic E-state index is 0.00621. The molecular weight excluding hydrogens is 242 g/mol. The standard InChI is InChI=1S/C14H29N3O2/c1-10(2)13(11(3)18)16-12(19)7-17(6)9-14(4,5)8-15/h10,13H,7-9,15H2,1-6H3,(H,16,19). The van der Waals surface area contributed by atoms with Gasteiger partial charge in [-0.3, -0.25) is 14.5 Å². The first-order valence-electron chi connectivity index (χ1n) is 6.77. The van der Waals surface area contributed by atoms with Gasteiger partial charge in [-0.25, -0.2) is 0 Å². The van der Waals surface area contributed by atoms with E-state index >= 15 is 0 Å². The molecule has 5 heteroatoms. The summed E-state index contributed by atoms with van der Waals surface area (Å²) in [5.74, 6) is -0.0234. The molecule has 112 valence electrons. The van der Waals surface area contributed by atoms with Gasteiger partial charge in [0.05, 0.1) is 12.6 Å². The zero-order chi connectivity index (χ0) is 15.2. The molecule has 1 unspecified atom stereocenters. The minimum atomic E-state index is -0.400. The van der Waals surface area contributed by atoms with Gasteiger partial charge in [0.2, 0.25) is 5.91 Å². The average Bonchev–Trinajstić information content (AvgIpc) is 2.24. The summed E-state index contributed by atoms with van der Waals surface area (Å²) in [5.41, 5.74) is 5.65. The van der Waals surface area contributed by atoms with Gasteiger partial charge in [0.1, 0.15) is 0 Å². The molecule has 19 heavy (non-hydrogen) atoms. The van der Waals surface area contributed by atoms with Crippen molar-refractivity contribution in [1.82, 2.24) is 10.2 Å². The molecule has 0 heterocycles. The van der Waals surface area contributed by atoms with Gasteiger partial charge in [-0.05, 0) is 31.8 Å². The van der Waals surface area contributed by atoms with Crippen molar-refractivity contribution < 1.29 is 9.59 Å². The molecule has 0 aromatic heterocycles. The van der Waals surface area contributed by atoms with Crippen LogP contribution in [-0.4, -0.2) is 49.3 Å². The number of hydrogen-bond donors (Lipinski definition) is 2. The molecule has 0 aliphatic rings. The molecule has 0 spiro atoms. The number of nitrogens with zero attached hydrogens (tertiary/aromatic N) is 1. The van der Waals surface area contributed by atoms with Crippen molar-refractivity contribution in [3.05, 3.63) is 0 Å². The van der Waals surface area contributed by atoms with E-state index in [2.05, 4.69) is 19.2 Å². The molecule has 0 saturated heterocycles. The smallest absolute Gasteiger partial charge is 0.234 e. The van der Waals surface area contributed by atoms with E-state index in [1.807, 2.05) is 25.8 Å². The van der Waals surface area contributed by atoms with Gasteiger partial charge in [-0.1, -0.05) is 27.7 Å². The Morgan fingerprint density at radius 3 is 2.21 bits per heavy atom. The predicted molar refractivity (Wildman–Crippen MR) is 77.8 cm³/mol. The molecule has 0 bridgehead atoms. The molecule has 5 nitrogen and oxygen atoms in total. The topological polar surface area (TPSA) is 75.4 Å². The van der Waals surface area contributed by atoms with E-state index in [-0.39, 0.29) is 29.6 Å². The number of rotatable bonds is 8. The highest BCUT2D eigenvalue weighted by Crippen LogP contribution is 2.13. The summed E-state index contributed by atoms with van der Waals surface area (Å²) in [6.07, 6.45) is 0. The van der Waals surface area contributed by atoms with Gasteiger partial charge in [0.25, 0.3) is 0 Å². The van der Waals surface area contributed by atoms with Crippen LogP contribution in [0.4, 0.5) is 0 Å². The fourth-order valence-corrected chi connectivity index (χ4v) is 2.05. The Morgan fingerprint density at radius 2 is 1.84 bits per heavy atom. The molecule has 1 amide bonds. The van der Waals surface area contributed by atoms with Crippen molar-refractivity contribution in [3.63, 3.8) is 0 Å². The highest BCUT2D eigenvalue weighted by molar-refractivity contribution is 5.88. The molecule has 0 fully saturated rings. The van der Waals surface area contributed by atoms with Crippen molar-refractivity contribution in [2.45, 2.75) is 40.7 Å². The van der Waals surface area contributed by atoms with Crippen LogP contribution in [0.5, 0.6) is 0 Å². The van der Waals surface area contributed by atoms with Crippen molar-refractivity contribution >= 4 is 11.7 Å². The Morgan fingerprint density at radius 1 is 1.32 bits per heavy atom. The van der Waals surface area contributed by atoms with Crippen molar-refractivity contribution in [3.8, 4) is 0 Å². The van der Waals surface area contributed by atoms with E-state index in [0.717, 1.165) is 6.54 Å². The third-order valence-electron chi connectivity index (χ3n) is 3.09. The summed E-state index contributed by atoms with van der Waals surface area (Å²) in [6.45, 7) is 11.1. The van der Waals surface area contributed by atoms with Gasteiger partial charge in [0, 0.05) is 6.54 Å². The van der Waals surface area contributed by atoms with E-state index in [0.29, 0.717) is 6.54 Å². The van der Waals surface area contributed by atoms with E-state index in [9.17, 15) is 9.59 Å². The van der Waals surface area contributed by atoms with Crippen LogP contribution in [0.2, 0.25) is 0 Å². The SMILES string of the molecule is CC(=O)C(NC(=O)CN(C)CC(C)(C)CN)C(C)C. The normalized spacial score (nSPS) is 13.7. The van der Waals surface area contributed by atoms with E-state index < -0.39 is 6.04 Å². The lowest BCUT2D eigenvalue weighted by molar-refractivity contribution is -0.128. The summed E-state index contributed by atoms with van der Waals surface area (Å²) in [4.78, 5) is 25.3. The fraction of sp³-hybridized carbons (Fsp3) is 0.857. The summed E-state index contributed by atoms with van der Waals surface area (Å²) in [5, 5.41) is 2.79. The second kappa shape index (κ2) is 7.60. The second-order valence-electron chi connectivity index (χ2n) is 6.44. The Kier molecular flexibility index (Phi) is 7.23. The Hall–Kier alpha value is -0.940. The number of hydrogen-bond acceptors (Lipinski definition) is 4. The summed E-state index contributed by atoms with van der Waals surface area (Å²) in [6, 6.07) is -0.400. The molecule has 3 N–H and O–H groups in total. The van der Waals surface area contributed by atoms with E-state index in [4.69, 9.17) is 5.73 Å². The van der Waals surface area contributed by atoms with Gasteiger partial charge in [0.15, 0.2) is 5.78 Å². The van der Waals surface area contributed by atoms with Crippen LogP contribution in [0.3, 0.4) is 0 Å². The Labute approximate surface area is 116 Å². The number of carbonyl (C=O) groups is 2. The maximum atomic E-state index is 11.9. The van der Waals surface area contributed by atoms with Crippen LogP contribution in [0.1, 0.15) is 34.6 Å². The molecule has 0 aromatic rings. The molecule has 0 aromatic carbocycles. The monoisotopic (exact) mass is 271 g/mol. The number of nitrogens with two attached hydrogens (primary N) is 1. The van der Waals surface area contributed by atoms with Gasteiger partial charge < -0.3 is 11.1 Å².